The normalized spacial score (nSPS) is 19.3. The van der Waals surface area contributed by atoms with Crippen LogP contribution in [-0.4, -0.2) is 40.8 Å². The zero-order valence-electron chi connectivity index (χ0n) is 11.6. The minimum atomic E-state index is -0.463. The lowest BCUT2D eigenvalue weighted by atomic mass is 10.2. The number of amides is 1. The summed E-state index contributed by atoms with van der Waals surface area (Å²) in [5.41, 5.74) is -0.463. The summed E-state index contributed by atoms with van der Waals surface area (Å²) in [6.07, 6.45) is 3.78. The largest absolute Gasteiger partial charge is 0.444 e. The van der Waals surface area contributed by atoms with Crippen molar-refractivity contribution >= 4 is 11.9 Å². The molecule has 0 aromatic carbocycles. The highest BCUT2D eigenvalue weighted by atomic mass is 16.6. The predicted molar refractivity (Wildman–Crippen MR) is 72.0 cm³/mol. The van der Waals surface area contributed by atoms with Crippen LogP contribution >= 0.6 is 0 Å². The summed E-state index contributed by atoms with van der Waals surface area (Å²) in [6, 6.07) is 1.97. The highest BCUT2D eigenvalue weighted by Crippen LogP contribution is 2.17. The Morgan fingerprint density at radius 3 is 2.95 bits per heavy atom. The first-order valence-corrected chi connectivity index (χ1v) is 6.44. The lowest BCUT2D eigenvalue weighted by molar-refractivity contribution is 0.0509. The third kappa shape index (κ3) is 4.08. The SMILES string of the molecule is CC(C)(C)OC(=O)NC1CCN(c2ccncn2)C1. The van der Waals surface area contributed by atoms with Crippen LogP contribution < -0.4 is 10.2 Å². The number of rotatable bonds is 2. The number of nitrogens with one attached hydrogen (secondary N) is 1. The van der Waals surface area contributed by atoms with Gasteiger partial charge in [0.2, 0.25) is 0 Å². The second kappa shape index (κ2) is 5.42. The quantitative estimate of drug-likeness (QED) is 0.878. The number of anilines is 1. The molecule has 2 rings (SSSR count). The van der Waals surface area contributed by atoms with Crippen LogP contribution in [0.25, 0.3) is 0 Å². The predicted octanol–water partition coefficient (Wildman–Crippen LogP) is 1.58. The van der Waals surface area contributed by atoms with Crippen LogP contribution in [0.4, 0.5) is 10.6 Å². The molecule has 6 heteroatoms. The van der Waals surface area contributed by atoms with Crippen molar-refractivity contribution in [2.75, 3.05) is 18.0 Å². The van der Waals surface area contributed by atoms with E-state index in [0.29, 0.717) is 0 Å². The number of carbonyl (C=O) groups is 1. The summed E-state index contributed by atoms with van der Waals surface area (Å²) in [6.45, 7) is 7.19. The zero-order chi connectivity index (χ0) is 13.9. The van der Waals surface area contributed by atoms with Crippen LogP contribution in [0.1, 0.15) is 27.2 Å². The number of hydrogen-bond donors (Lipinski definition) is 1. The molecule has 0 radical (unpaired) electrons. The van der Waals surface area contributed by atoms with Gasteiger partial charge in [-0.15, -0.1) is 0 Å². The Morgan fingerprint density at radius 1 is 1.53 bits per heavy atom. The maximum atomic E-state index is 11.7. The second-order valence-electron chi connectivity index (χ2n) is 5.65. The fourth-order valence-electron chi connectivity index (χ4n) is 2.03. The van der Waals surface area contributed by atoms with E-state index < -0.39 is 5.60 Å². The van der Waals surface area contributed by atoms with Gasteiger partial charge in [-0.2, -0.15) is 0 Å². The van der Waals surface area contributed by atoms with Gasteiger partial charge in [0.1, 0.15) is 17.7 Å². The first kappa shape index (κ1) is 13.6. The fraction of sp³-hybridized carbons (Fsp3) is 0.615. The minimum absolute atomic E-state index is 0.102. The smallest absolute Gasteiger partial charge is 0.407 e. The summed E-state index contributed by atoms with van der Waals surface area (Å²) < 4.78 is 5.25. The van der Waals surface area contributed by atoms with E-state index in [2.05, 4.69) is 20.2 Å². The molecule has 0 spiro atoms. The molecule has 1 aromatic heterocycles. The summed E-state index contributed by atoms with van der Waals surface area (Å²) in [7, 11) is 0. The molecule has 6 nitrogen and oxygen atoms in total. The monoisotopic (exact) mass is 264 g/mol. The lowest BCUT2D eigenvalue weighted by Crippen LogP contribution is -2.40. The van der Waals surface area contributed by atoms with E-state index in [0.717, 1.165) is 25.3 Å². The van der Waals surface area contributed by atoms with E-state index in [1.165, 1.54) is 6.33 Å². The first-order valence-electron chi connectivity index (χ1n) is 6.44. The molecule has 1 fully saturated rings. The van der Waals surface area contributed by atoms with E-state index in [9.17, 15) is 4.79 Å². The molecule has 1 unspecified atom stereocenters. The van der Waals surface area contributed by atoms with Crippen LogP contribution in [0, 0.1) is 0 Å². The lowest BCUT2D eigenvalue weighted by Gasteiger charge is -2.22. The Kier molecular flexibility index (Phi) is 3.87. The molecule has 19 heavy (non-hydrogen) atoms. The molecule has 0 saturated carbocycles. The third-order valence-electron chi connectivity index (χ3n) is 2.80. The van der Waals surface area contributed by atoms with Gasteiger partial charge in [0.05, 0.1) is 6.04 Å². The van der Waals surface area contributed by atoms with Crippen molar-refractivity contribution in [2.24, 2.45) is 0 Å². The molecular formula is C13H20N4O2. The number of ether oxygens (including phenoxy) is 1. The standard InChI is InChI=1S/C13H20N4O2/c1-13(2,3)19-12(18)16-10-5-7-17(8-10)11-4-6-14-9-15-11/h4,6,9-10H,5,7-8H2,1-3H3,(H,16,18). The van der Waals surface area contributed by atoms with Gasteiger partial charge in [0, 0.05) is 19.3 Å². The Bertz CT molecular complexity index is 430. The van der Waals surface area contributed by atoms with Crippen molar-refractivity contribution in [3.63, 3.8) is 0 Å². The van der Waals surface area contributed by atoms with Crippen LogP contribution in [0.15, 0.2) is 18.6 Å². The number of hydrogen-bond acceptors (Lipinski definition) is 5. The van der Waals surface area contributed by atoms with Crippen molar-refractivity contribution in [3.05, 3.63) is 18.6 Å². The Morgan fingerprint density at radius 2 is 2.32 bits per heavy atom. The molecule has 1 saturated heterocycles. The number of nitrogens with zero attached hydrogens (tertiary/aromatic N) is 3. The number of alkyl carbamates (subject to hydrolysis) is 1. The zero-order valence-corrected chi connectivity index (χ0v) is 11.6. The highest BCUT2D eigenvalue weighted by Gasteiger charge is 2.26. The average molecular weight is 264 g/mol. The summed E-state index contributed by atoms with van der Waals surface area (Å²) in [4.78, 5) is 21.9. The Labute approximate surface area is 113 Å². The van der Waals surface area contributed by atoms with Crippen molar-refractivity contribution < 1.29 is 9.53 Å². The molecule has 0 aliphatic carbocycles. The minimum Gasteiger partial charge on any atom is -0.444 e. The van der Waals surface area contributed by atoms with Gasteiger partial charge in [-0.1, -0.05) is 0 Å². The van der Waals surface area contributed by atoms with Crippen LogP contribution in [0.3, 0.4) is 0 Å². The molecule has 0 bridgehead atoms. The van der Waals surface area contributed by atoms with Crippen molar-refractivity contribution in [1.29, 1.82) is 0 Å². The Hall–Kier alpha value is -1.85. The van der Waals surface area contributed by atoms with Gasteiger partial charge in [-0.05, 0) is 33.3 Å². The molecular weight excluding hydrogens is 244 g/mol. The molecule has 1 N–H and O–H groups in total. The second-order valence-corrected chi connectivity index (χ2v) is 5.65. The van der Waals surface area contributed by atoms with Crippen LogP contribution in [-0.2, 0) is 4.74 Å². The maximum Gasteiger partial charge on any atom is 0.407 e. The van der Waals surface area contributed by atoms with E-state index in [-0.39, 0.29) is 12.1 Å². The average Bonchev–Trinajstić information content (AvgIpc) is 2.76. The topological polar surface area (TPSA) is 67.3 Å². The maximum absolute atomic E-state index is 11.7. The van der Waals surface area contributed by atoms with Gasteiger partial charge in [0.25, 0.3) is 0 Å². The summed E-state index contributed by atoms with van der Waals surface area (Å²) in [5.74, 6) is 0.892. The summed E-state index contributed by atoms with van der Waals surface area (Å²) in [5, 5.41) is 2.89. The van der Waals surface area contributed by atoms with Gasteiger partial charge < -0.3 is 15.0 Å². The third-order valence-corrected chi connectivity index (χ3v) is 2.80. The van der Waals surface area contributed by atoms with E-state index >= 15 is 0 Å². The van der Waals surface area contributed by atoms with Gasteiger partial charge in [0.15, 0.2) is 0 Å². The van der Waals surface area contributed by atoms with Crippen molar-refractivity contribution in [2.45, 2.75) is 38.8 Å². The molecule has 1 aromatic rings. The van der Waals surface area contributed by atoms with E-state index in [1.54, 1.807) is 6.20 Å². The Balaban J connectivity index is 1.84. The highest BCUT2D eigenvalue weighted by molar-refractivity contribution is 5.68. The first-order chi connectivity index (χ1) is 8.94. The summed E-state index contributed by atoms with van der Waals surface area (Å²) >= 11 is 0. The van der Waals surface area contributed by atoms with Crippen LogP contribution in [0.2, 0.25) is 0 Å². The van der Waals surface area contributed by atoms with Gasteiger partial charge in [-0.3, -0.25) is 0 Å². The van der Waals surface area contributed by atoms with E-state index in [1.807, 2.05) is 26.8 Å². The van der Waals surface area contributed by atoms with Crippen molar-refractivity contribution in [1.82, 2.24) is 15.3 Å². The van der Waals surface area contributed by atoms with Crippen molar-refractivity contribution in [3.8, 4) is 0 Å². The fourth-order valence-corrected chi connectivity index (χ4v) is 2.03. The molecule has 104 valence electrons. The van der Waals surface area contributed by atoms with Crippen LogP contribution in [0.5, 0.6) is 0 Å². The number of aromatic nitrogens is 2. The van der Waals surface area contributed by atoms with E-state index in [4.69, 9.17) is 4.74 Å². The van der Waals surface area contributed by atoms with Gasteiger partial charge in [-0.25, -0.2) is 14.8 Å². The molecule has 1 aliphatic heterocycles. The van der Waals surface area contributed by atoms with Gasteiger partial charge >= 0.3 is 6.09 Å². The molecule has 1 amide bonds. The molecule has 1 aliphatic rings. The number of carbonyl (C=O) groups excluding carboxylic acids is 1. The molecule has 1 atom stereocenters. The molecule has 2 heterocycles.